The molecule has 0 aliphatic carbocycles. The number of hydrogen-bond donors (Lipinski definition) is 1. The summed E-state index contributed by atoms with van der Waals surface area (Å²) >= 11 is 3.35. The van der Waals surface area contributed by atoms with E-state index in [9.17, 15) is 14.7 Å². The normalized spacial score (nSPS) is 17.9. The molecule has 1 aromatic heterocycles. The van der Waals surface area contributed by atoms with E-state index in [0.29, 0.717) is 22.7 Å². The summed E-state index contributed by atoms with van der Waals surface area (Å²) in [4.78, 5) is 31.5. The number of anilines is 1. The Bertz CT molecular complexity index is 1130. The molecule has 1 unspecified atom stereocenters. The molecule has 7 heteroatoms. The van der Waals surface area contributed by atoms with Gasteiger partial charge in [0.15, 0.2) is 0 Å². The van der Waals surface area contributed by atoms with Crippen LogP contribution in [-0.4, -0.2) is 28.9 Å². The smallest absolute Gasteiger partial charge is 0.301 e. The molecule has 4 rings (SSSR count). The fourth-order valence-corrected chi connectivity index (χ4v) is 3.69. The van der Waals surface area contributed by atoms with Gasteiger partial charge >= 0.3 is 5.91 Å². The molecule has 1 fully saturated rings. The van der Waals surface area contributed by atoms with Crippen LogP contribution in [0.4, 0.5) is 5.82 Å². The SMILES string of the molecule is COc1ccc(C2/C(=C(\O)c3ccc(Br)cc3)C(=O)C(=O)N2c2ccccn2)cc1. The van der Waals surface area contributed by atoms with Crippen molar-refractivity contribution < 1.29 is 19.4 Å². The Kier molecular flexibility index (Phi) is 5.37. The summed E-state index contributed by atoms with van der Waals surface area (Å²) < 4.78 is 6.05. The maximum Gasteiger partial charge on any atom is 0.301 e. The highest BCUT2D eigenvalue weighted by Gasteiger charge is 2.47. The van der Waals surface area contributed by atoms with Crippen LogP contribution in [0.3, 0.4) is 0 Å². The van der Waals surface area contributed by atoms with Crippen molar-refractivity contribution in [3.8, 4) is 5.75 Å². The zero-order valence-electron chi connectivity index (χ0n) is 15.9. The van der Waals surface area contributed by atoms with Gasteiger partial charge in [0.25, 0.3) is 5.78 Å². The number of carbonyl (C=O) groups is 2. The fraction of sp³-hybridized carbons (Fsp3) is 0.0870. The van der Waals surface area contributed by atoms with Crippen LogP contribution in [0.1, 0.15) is 17.2 Å². The van der Waals surface area contributed by atoms with Crippen molar-refractivity contribution in [1.29, 1.82) is 0 Å². The van der Waals surface area contributed by atoms with E-state index in [1.165, 1.54) is 4.90 Å². The summed E-state index contributed by atoms with van der Waals surface area (Å²) in [6, 6.07) is 18.2. The van der Waals surface area contributed by atoms with Crippen LogP contribution >= 0.6 is 15.9 Å². The molecule has 2 aromatic carbocycles. The van der Waals surface area contributed by atoms with E-state index in [4.69, 9.17) is 4.74 Å². The largest absolute Gasteiger partial charge is 0.507 e. The quantitative estimate of drug-likeness (QED) is 0.349. The number of Topliss-reactive ketones (excluding diaryl/α,β-unsaturated/α-hetero) is 1. The van der Waals surface area contributed by atoms with Gasteiger partial charge in [-0.2, -0.15) is 0 Å². The van der Waals surface area contributed by atoms with E-state index >= 15 is 0 Å². The third-order valence-corrected chi connectivity index (χ3v) is 5.42. The first-order chi connectivity index (χ1) is 14.5. The van der Waals surface area contributed by atoms with Gasteiger partial charge < -0.3 is 9.84 Å². The molecule has 0 saturated carbocycles. The van der Waals surface area contributed by atoms with Crippen LogP contribution in [0, 0.1) is 0 Å². The molecular weight excluding hydrogens is 448 g/mol. The van der Waals surface area contributed by atoms with Crippen LogP contribution in [0.15, 0.2) is 83.0 Å². The monoisotopic (exact) mass is 464 g/mol. The molecule has 1 aliphatic rings. The predicted octanol–water partition coefficient (Wildman–Crippen LogP) is 4.48. The molecule has 6 nitrogen and oxygen atoms in total. The predicted molar refractivity (Wildman–Crippen MR) is 116 cm³/mol. The average molecular weight is 465 g/mol. The highest BCUT2D eigenvalue weighted by molar-refractivity contribution is 9.10. The number of halogens is 1. The van der Waals surface area contributed by atoms with Gasteiger partial charge in [0.2, 0.25) is 0 Å². The minimum absolute atomic E-state index is 0.0122. The number of benzene rings is 2. The summed E-state index contributed by atoms with van der Waals surface area (Å²) in [6.07, 6.45) is 1.55. The van der Waals surface area contributed by atoms with Gasteiger partial charge in [-0.15, -0.1) is 0 Å². The molecule has 2 heterocycles. The zero-order chi connectivity index (χ0) is 21.3. The molecular formula is C23H17BrN2O4. The Hall–Kier alpha value is -3.45. The number of carbonyl (C=O) groups excluding carboxylic acids is 2. The molecule has 1 aliphatic heterocycles. The molecule has 150 valence electrons. The van der Waals surface area contributed by atoms with Crippen LogP contribution in [0.5, 0.6) is 5.75 Å². The number of aliphatic hydroxyl groups excluding tert-OH is 1. The molecule has 1 amide bonds. The standard InChI is InChI=1S/C23H17BrN2O4/c1-30-17-11-7-14(8-12-17)20-19(21(27)15-5-9-16(24)10-6-15)22(28)23(29)26(20)18-4-2-3-13-25-18/h2-13,20,27H,1H3/b21-19+. The van der Waals surface area contributed by atoms with Crippen molar-refractivity contribution in [2.45, 2.75) is 6.04 Å². The van der Waals surface area contributed by atoms with Crippen molar-refractivity contribution in [3.05, 3.63) is 94.1 Å². The second-order valence-corrected chi connectivity index (χ2v) is 7.55. The van der Waals surface area contributed by atoms with Gasteiger partial charge in [0.05, 0.1) is 18.7 Å². The third kappa shape index (κ3) is 3.48. The van der Waals surface area contributed by atoms with Crippen molar-refractivity contribution in [2.24, 2.45) is 0 Å². The molecule has 0 spiro atoms. The summed E-state index contributed by atoms with van der Waals surface area (Å²) in [7, 11) is 1.56. The number of aromatic nitrogens is 1. The lowest BCUT2D eigenvalue weighted by Gasteiger charge is -2.24. The van der Waals surface area contributed by atoms with E-state index in [1.54, 1.807) is 80.0 Å². The first-order valence-electron chi connectivity index (χ1n) is 9.13. The van der Waals surface area contributed by atoms with Crippen LogP contribution < -0.4 is 9.64 Å². The molecule has 0 bridgehead atoms. The second kappa shape index (κ2) is 8.12. The Morgan fingerprint density at radius 1 is 1.03 bits per heavy atom. The lowest BCUT2D eigenvalue weighted by atomic mass is 9.95. The minimum atomic E-state index is -0.825. The number of ketones is 1. The average Bonchev–Trinajstić information content (AvgIpc) is 3.05. The Morgan fingerprint density at radius 2 is 1.73 bits per heavy atom. The lowest BCUT2D eigenvalue weighted by Crippen LogP contribution is -2.30. The van der Waals surface area contributed by atoms with Gasteiger partial charge in [-0.25, -0.2) is 4.98 Å². The van der Waals surface area contributed by atoms with Crippen LogP contribution in [0.25, 0.3) is 5.76 Å². The first kappa shape index (κ1) is 19.8. The fourth-order valence-electron chi connectivity index (χ4n) is 3.43. The summed E-state index contributed by atoms with van der Waals surface area (Å²) in [5, 5.41) is 11.0. The van der Waals surface area contributed by atoms with Gasteiger partial charge in [0.1, 0.15) is 17.3 Å². The van der Waals surface area contributed by atoms with Gasteiger partial charge in [-0.05, 0) is 42.0 Å². The lowest BCUT2D eigenvalue weighted by molar-refractivity contribution is -0.132. The number of amides is 1. The first-order valence-corrected chi connectivity index (χ1v) is 9.92. The summed E-state index contributed by atoms with van der Waals surface area (Å²) in [6.45, 7) is 0. The van der Waals surface area contributed by atoms with Gasteiger partial charge in [0, 0.05) is 16.2 Å². The summed E-state index contributed by atoms with van der Waals surface area (Å²) in [5.41, 5.74) is 1.10. The third-order valence-electron chi connectivity index (χ3n) is 4.89. The molecule has 0 radical (unpaired) electrons. The van der Waals surface area contributed by atoms with Crippen molar-refractivity contribution in [3.63, 3.8) is 0 Å². The number of pyridine rings is 1. The minimum Gasteiger partial charge on any atom is -0.507 e. The Balaban J connectivity index is 1.92. The van der Waals surface area contributed by atoms with E-state index in [2.05, 4.69) is 20.9 Å². The van der Waals surface area contributed by atoms with E-state index < -0.39 is 17.7 Å². The Labute approximate surface area is 181 Å². The highest BCUT2D eigenvalue weighted by Crippen LogP contribution is 2.41. The van der Waals surface area contributed by atoms with Crippen LogP contribution in [-0.2, 0) is 9.59 Å². The number of hydrogen-bond acceptors (Lipinski definition) is 5. The number of aliphatic hydroxyl groups is 1. The Morgan fingerprint density at radius 3 is 2.33 bits per heavy atom. The van der Waals surface area contributed by atoms with Crippen LogP contribution in [0.2, 0.25) is 0 Å². The van der Waals surface area contributed by atoms with E-state index in [0.717, 1.165) is 4.47 Å². The number of methoxy groups -OCH3 is 1. The van der Waals surface area contributed by atoms with Crippen molar-refractivity contribution in [2.75, 3.05) is 12.0 Å². The van der Waals surface area contributed by atoms with Crippen molar-refractivity contribution in [1.82, 2.24) is 4.98 Å². The number of ether oxygens (including phenoxy) is 1. The van der Waals surface area contributed by atoms with E-state index in [1.807, 2.05) is 0 Å². The molecule has 1 atom stereocenters. The molecule has 1 saturated heterocycles. The highest BCUT2D eigenvalue weighted by atomic mass is 79.9. The zero-order valence-corrected chi connectivity index (χ0v) is 17.5. The second-order valence-electron chi connectivity index (χ2n) is 6.64. The maximum atomic E-state index is 13.0. The maximum absolute atomic E-state index is 13.0. The van der Waals surface area contributed by atoms with Gasteiger partial charge in [-0.3, -0.25) is 14.5 Å². The number of rotatable bonds is 4. The van der Waals surface area contributed by atoms with Gasteiger partial charge in [-0.1, -0.05) is 46.3 Å². The summed E-state index contributed by atoms with van der Waals surface area (Å²) in [5.74, 6) is -0.771. The van der Waals surface area contributed by atoms with E-state index in [-0.39, 0.29) is 11.3 Å². The molecule has 1 N–H and O–H groups in total. The topological polar surface area (TPSA) is 79.7 Å². The number of nitrogens with zero attached hydrogens (tertiary/aromatic N) is 2. The van der Waals surface area contributed by atoms with Crippen molar-refractivity contribution >= 4 is 39.2 Å². The molecule has 3 aromatic rings. The molecule has 30 heavy (non-hydrogen) atoms.